The Bertz CT molecular complexity index is 508. The van der Waals surface area contributed by atoms with Crippen LogP contribution >= 0.6 is 10.7 Å². The van der Waals surface area contributed by atoms with Gasteiger partial charge in [-0.25, -0.2) is 8.42 Å². The third-order valence-corrected chi connectivity index (χ3v) is 3.38. The van der Waals surface area contributed by atoms with Crippen LogP contribution in [0.2, 0.25) is 0 Å². The molecule has 0 radical (unpaired) electrons. The fourth-order valence-corrected chi connectivity index (χ4v) is 1.97. The summed E-state index contributed by atoms with van der Waals surface area (Å²) in [5.41, 5.74) is 0.718. The zero-order chi connectivity index (χ0) is 12.9. The minimum absolute atomic E-state index is 0.0226. The summed E-state index contributed by atoms with van der Waals surface area (Å²) < 4.78 is 22.0. The summed E-state index contributed by atoms with van der Waals surface area (Å²) in [5, 5.41) is 2.62. The number of hydrogen-bond acceptors (Lipinski definition) is 3. The number of halogens is 1. The van der Waals surface area contributed by atoms with Crippen LogP contribution in [0.15, 0.2) is 41.8 Å². The van der Waals surface area contributed by atoms with Gasteiger partial charge < -0.3 is 5.32 Å². The van der Waals surface area contributed by atoms with E-state index >= 15 is 0 Å². The Morgan fingerprint density at radius 3 is 2.41 bits per heavy atom. The lowest BCUT2D eigenvalue weighted by molar-refractivity contribution is -0.120. The van der Waals surface area contributed by atoms with E-state index in [2.05, 4.69) is 11.9 Å². The van der Waals surface area contributed by atoms with Crippen molar-refractivity contribution in [2.24, 2.45) is 0 Å². The Hall–Kier alpha value is -1.33. The fourth-order valence-electron chi connectivity index (χ4n) is 1.20. The van der Waals surface area contributed by atoms with Crippen LogP contribution in [0.1, 0.15) is 5.56 Å². The number of carbonyl (C=O) groups is 1. The zero-order valence-electron chi connectivity index (χ0n) is 9.02. The first-order valence-corrected chi connectivity index (χ1v) is 7.15. The van der Waals surface area contributed by atoms with Crippen molar-refractivity contribution in [1.82, 2.24) is 5.32 Å². The molecule has 4 nitrogen and oxygen atoms in total. The van der Waals surface area contributed by atoms with E-state index < -0.39 is 9.05 Å². The van der Waals surface area contributed by atoms with Gasteiger partial charge in [-0.1, -0.05) is 18.2 Å². The Morgan fingerprint density at radius 1 is 1.35 bits per heavy atom. The number of benzene rings is 1. The minimum atomic E-state index is -3.70. The molecular weight excluding hydrogens is 262 g/mol. The summed E-state index contributed by atoms with van der Waals surface area (Å²) in [7, 11) is 1.46. The second kappa shape index (κ2) is 5.84. The highest BCUT2D eigenvalue weighted by atomic mass is 35.7. The van der Waals surface area contributed by atoms with Crippen molar-refractivity contribution in [3.05, 3.63) is 42.5 Å². The van der Waals surface area contributed by atoms with Crippen LogP contribution in [0.3, 0.4) is 0 Å². The van der Waals surface area contributed by atoms with Gasteiger partial charge in [-0.05, 0) is 17.7 Å². The summed E-state index contributed by atoms with van der Waals surface area (Å²) >= 11 is 0. The van der Waals surface area contributed by atoms with Crippen molar-refractivity contribution < 1.29 is 13.2 Å². The van der Waals surface area contributed by atoms with Crippen molar-refractivity contribution in [2.75, 3.05) is 6.54 Å². The summed E-state index contributed by atoms with van der Waals surface area (Å²) in [6, 6.07) is 5.86. The average Bonchev–Trinajstić information content (AvgIpc) is 2.26. The number of amides is 1. The van der Waals surface area contributed by atoms with Crippen molar-refractivity contribution in [3.8, 4) is 0 Å². The van der Waals surface area contributed by atoms with Gasteiger partial charge in [0, 0.05) is 17.2 Å². The molecule has 0 fully saturated rings. The van der Waals surface area contributed by atoms with Gasteiger partial charge in [0.25, 0.3) is 9.05 Å². The maximum Gasteiger partial charge on any atom is 0.261 e. The molecule has 1 amide bonds. The average molecular weight is 274 g/mol. The summed E-state index contributed by atoms with van der Waals surface area (Å²) in [4.78, 5) is 11.4. The van der Waals surface area contributed by atoms with Gasteiger partial charge in [-0.3, -0.25) is 4.79 Å². The Balaban J connectivity index is 2.69. The monoisotopic (exact) mass is 273 g/mol. The molecule has 1 aromatic rings. The van der Waals surface area contributed by atoms with Crippen LogP contribution < -0.4 is 5.32 Å². The van der Waals surface area contributed by atoms with Crippen LogP contribution in [0, 0.1) is 0 Å². The van der Waals surface area contributed by atoms with Crippen molar-refractivity contribution in [3.63, 3.8) is 0 Å². The molecule has 0 spiro atoms. The fraction of sp³-hybridized carbons (Fsp3) is 0.182. The van der Waals surface area contributed by atoms with Crippen molar-refractivity contribution >= 4 is 25.6 Å². The molecule has 0 saturated carbocycles. The highest BCUT2D eigenvalue weighted by molar-refractivity contribution is 8.13. The lowest BCUT2D eigenvalue weighted by atomic mass is 10.1. The summed E-state index contributed by atoms with van der Waals surface area (Å²) in [6.07, 6.45) is 1.78. The maximum absolute atomic E-state index is 11.3. The smallest absolute Gasteiger partial charge is 0.261 e. The molecule has 0 aliphatic rings. The molecule has 92 valence electrons. The standard InChI is InChI=1S/C11H12ClNO3S/c1-2-7-13-11(14)8-9-3-5-10(6-4-9)17(12,15)16/h2-6H,1,7-8H2,(H,13,14). The first-order chi connectivity index (χ1) is 7.93. The lowest BCUT2D eigenvalue weighted by Crippen LogP contribution is -2.24. The van der Waals surface area contributed by atoms with Crippen LogP contribution in [-0.2, 0) is 20.3 Å². The largest absolute Gasteiger partial charge is 0.352 e. The molecule has 0 aromatic heterocycles. The van der Waals surface area contributed by atoms with Crippen molar-refractivity contribution in [2.45, 2.75) is 11.3 Å². The molecule has 0 atom stereocenters. The quantitative estimate of drug-likeness (QED) is 0.653. The van der Waals surface area contributed by atoms with Gasteiger partial charge in [0.2, 0.25) is 5.91 Å². The number of nitrogens with one attached hydrogen (secondary N) is 1. The van der Waals surface area contributed by atoms with E-state index in [1.807, 2.05) is 0 Å². The van der Waals surface area contributed by atoms with Crippen LogP contribution in [0.4, 0.5) is 0 Å². The van der Waals surface area contributed by atoms with Gasteiger partial charge in [0.05, 0.1) is 11.3 Å². The van der Waals surface area contributed by atoms with E-state index in [1.165, 1.54) is 12.1 Å². The van der Waals surface area contributed by atoms with E-state index in [1.54, 1.807) is 18.2 Å². The first kappa shape index (κ1) is 13.7. The van der Waals surface area contributed by atoms with Gasteiger partial charge in [-0.15, -0.1) is 6.58 Å². The van der Waals surface area contributed by atoms with Gasteiger partial charge in [0.1, 0.15) is 0 Å². The van der Waals surface area contributed by atoms with Gasteiger partial charge in [-0.2, -0.15) is 0 Å². The van der Waals surface area contributed by atoms with E-state index in [0.29, 0.717) is 6.54 Å². The molecule has 17 heavy (non-hydrogen) atoms. The minimum Gasteiger partial charge on any atom is -0.352 e. The molecule has 1 N–H and O–H groups in total. The van der Waals surface area contributed by atoms with Gasteiger partial charge in [0.15, 0.2) is 0 Å². The molecule has 0 unspecified atom stereocenters. The Kier molecular flexibility index (Phi) is 4.72. The molecule has 1 aromatic carbocycles. The first-order valence-electron chi connectivity index (χ1n) is 4.84. The topological polar surface area (TPSA) is 63.2 Å². The second-order valence-electron chi connectivity index (χ2n) is 3.35. The number of rotatable bonds is 5. The molecule has 0 aliphatic heterocycles. The van der Waals surface area contributed by atoms with E-state index in [9.17, 15) is 13.2 Å². The summed E-state index contributed by atoms with van der Waals surface area (Å²) in [5.74, 6) is -0.147. The normalized spacial score (nSPS) is 10.9. The molecular formula is C11H12ClNO3S. The molecule has 0 bridgehead atoms. The SMILES string of the molecule is C=CCNC(=O)Cc1ccc(S(=O)(=O)Cl)cc1. The molecule has 0 aliphatic carbocycles. The van der Waals surface area contributed by atoms with Crippen molar-refractivity contribution in [1.29, 1.82) is 0 Å². The van der Waals surface area contributed by atoms with E-state index in [4.69, 9.17) is 10.7 Å². The predicted octanol–water partition coefficient (Wildman–Crippen LogP) is 1.46. The van der Waals surface area contributed by atoms with E-state index in [0.717, 1.165) is 5.56 Å². The predicted molar refractivity (Wildman–Crippen MR) is 66.4 cm³/mol. The second-order valence-corrected chi connectivity index (χ2v) is 5.92. The Morgan fingerprint density at radius 2 is 1.94 bits per heavy atom. The maximum atomic E-state index is 11.3. The third kappa shape index (κ3) is 4.58. The molecule has 0 saturated heterocycles. The Labute approximate surface area is 105 Å². The highest BCUT2D eigenvalue weighted by Crippen LogP contribution is 2.15. The number of carbonyl (C=O) groups excluding carboxylic acids is 1. The summed E-state index contributed by atoms with van der Waals surface area (Å²) in [6.45, 7) is 3.89. The molecule has 6 heteroatoms. The molecule has 0 heterocycles. The van der Waals surface area contributed by atoms with Gasteiger partial charge >= 0.3 is 0 Å². The lowest BCUT2D eigenvalue weighted by Gasteiger charge is -2.03. The highest BCUT2D eigenvalue weighted by Gasteiger charge is 2.09. The van der Waals surface area contributed by atoms with Crippen LogP contribution in [-0.4, -0.2) is 20.9 Å². The van der Waals surface area contributed by atoms with Crippen LogP contribution in [0.25, 0.3) is 0 Å². The van der Waals surface area contributed by atoms with E-state index in [-0.39, 0.29) is 17.2 Å². The van der Waals surface area contributed by atoms with Crippen LogP contribution in [0.5, 0.6) is 0 Å². The number of hydrogen-bond donors (Lipinski definition) is 1. The molecule has 1 rings (SSSR count). The third-order valence-electron chi connectivity index (χ3n) is 2.01. The zero-order valence-corrected chi connectivity index (χ0v) is 10.6.